The number of ether oxygens (including phenoxy) is 6. The summed E-state index contributed by atoms with van der Waals surface area (Å²) in [6.07, 6.45) is 0. The molecule has 8 heteroatoms. The summed E-state index contributed by atoms with van der Waals surface area (Å²) >= 11 is 0. The lowest BCUT2D eigenvalue weighted by Gasteiger charge is -2.26. The number of carbonyl (C=O) groups excluding carboxylic acids is 2. The molecule has 8 nitrogen and oxygen atoms in total. The zero-order valence-electron chi connectivity index (χ0n) is 18.4. The normalized spacial score (nSPS) is 12.9. The van der Waals surface area contributed by atoms with Crippen molar-refractivity contribution in [2.24, 2.45) is 10.8 Å². The van der Waals surface area contributed by atoms with Gasteiger partial charge in [0.05, 0.1) is 0 Å². The Kier molecular flexibility index (Phi) is 8.28. The maximum atomic E-state index is 13.3. The minimum atomic E-state index is -0.751. The largest absolute Gasteiger partial charge is 0.463 e. The fraction of sp³-hybridized carbons (Fsp3) is 0.636. The van der Waals surface area contributed by atoms with Crippen LogP contribution >= 0.6 is 0 Å². The van der Waals surface area contributed by atoms with Gasteiger partial charge >= 0.3 is 0 Å². The van der Waals surface area contributed by atoms with Crippen molar-refractivity contribution in [1.82, 2.24) is 0 Å². The van der Waals surface area contributed by atoms with Crippen molar-refractivity contribution in [3.63, 3.8) is 0 Å². The van der Waals surface area contributed by atoms with Crippen LogP contribution in [0.2, 0.25) is 0 Å². The highest BCUT2D eigenvalue weighted by Crippen LogP contribution is 2.53. The number of benzene rings is 1. The van der Waals surface area contributed by atoms with Crippen LogP contribution in [0.3, 0.4) is 0 Å². The molecular formula is C22H34O8. The smallest absolute Gasteiger partial charge is 0.231 e. The van der Waals surface area contributed by atoms with Crippen LogP contribution in [-0.4, -0.2) is 46.2 Å². The second kappa shape index (κ2) is 9.66. The van der Waals surface area contributed by atoms with Crippen molar-refractivity contribution in [3.05, 3.63) is 11.1 Å². The molecule has 1 aromatic rings. The Morgan fingerprint density at radius 1 is 0.767 bits per heavy atom. The number of methoxy groups -OCH3 is 2. The standard InChI is InChI=1S/C21H30O8.CH4/c1-20(2,3)18(22)12-14(26-9-24-7)15(27-10-25-8)13(19(23)21(4,5)6)17-16(12)28-11-29-17;/h9-11H2,1-8H3;1H4. The van der Waals surface area contributed by atoms with E-state index in [1.807, 2.05) is 0 Å². The van der Waals surface area contributed by atoms with E-state index in [-0.39, 0.29) is 73.5 Å². The molecule has 0 atom stereocenters. The first kappa shape index (κ1) is 25.7. The maximum absolute atomic E-state index is 13.3. The average molecular weight is 427 g/mol. The first-order valence-corrected chi connectivity index (χ1v) is 9.27. The molecule has 0 bridgehead atoms. The molecular weight excluding hydrogens is 392 g/mol. The SMILES string of the molecule is C.COCOc1c(OCOC)c(C(=O)C(C)(C)C)c2c(c1C(=O)C(C)(C)C)OCO2. The van der Waals surface area contributed by atoms with Crippen LogP contribution in [-0.2, 0) is 9.47 Å². The lowest BCUT2D eigenvalue weighted by molar-refractivity contribution is 0.0304. The summed E-state index contributed by atoms with van der Waals surface area (Å²) in [6, 6.07) is 0. The van der Waals surface area contributed by atoms with Gasteiger partial charge in [0, 0.05) is 25.0 Å². The zero-order valence-corrected chi connectivity index (χ0v) is 18.4. The van der Waals surface area contributed by atoms with Crippen molar-refractivity contribution in [2.45, 2.75) is 49.0 Å². The molecule has 0 unspecified atom stereocenters. The fourth-order valence-electron chi connectivity index (χ4n) is 2.76. The molecule has 30 heavy (non-hydrogen) atoms. The molecule has 0 saturated carbocycles. The molecule has 0 aromatic heterocycles. The van der Waals surface area contributed by atoms with Gasteiger partial charge in [0.15, 0.2) is 48.2 Å². The highest BCUT2D eigenvalue weighted by molar-refractivity contribution is 6.12. The van der Waals surface area contributed by atoms with Gasteiger partial charge in [-0.1, -0.05) is 49.0 Å². The average Bonchev–Trinajstić information content (AvgIpc) is 3.09. The van der Waals surface area contributed by atoms with E-state index in [0.29, 0.717) is 0 Å². The summed E-state index contributed by atoms with van der Waals surface area (Å²) in [5.41, 5.74) is -1.20. The maximum Gasteiger partial charge on any atom is 0.231 e. The molecule has 0 saturated heterocycles. The third-order valence-electron chi connectivity index (χ3n) is 4.19. The molecule has 1 aliphatic heterocycles. The van der Waals surface area contributed by atoms with Gasteiger partial charge in [-0.15, -0.1) is 0 Å². The Morgan fingerprint density at radius 2 is 1.10 bits per heavy atom. The van der Waals surface area contributed by atoms with Crippen molar-refractivity contribution in [1.29, 1.82) is 0 Å². The first-order valence-electron chi connectivity index (χ1n) is 9.27. The summed E-state index contributed by atoms with van der Waals surface area (Å²) in [5.74, 6) is -0.00658. The number of ketones is 2. The van der Waals surface area contributed by atoms with Crippen molar-refractivity contribution in [3.8, 4) is 23.0 Å². The van der Waals surface area contributed by atoms with Crippen LogP contribution in [0.4, 0.5) is 0 Å². The molecule has 0 radical (unpaired) electrons. The Labute approximate surface area is 178 Å². The highest BCUT2D eigenvalue weighted by Gasteiger charge is 2.42. The van der Waals surface area contributed by atoms with Gasteiger partial charge in [0.1, 0.15) is 11.1 Å². The van der Waals surface area contributed by atoms with Crippen molar-refractivity contribution < 1.29 is 38.0 Å². The van der Waals surface area contributed by atoms with Crippen LogP contribution in [0.5, 0.6) is 23.0 Å². The minimum absolute atomic E-state index is 0. The second-order valence-electron chi connectivity index (χ2n) is 8.73. The van der Waals surface area contributed by atoms with Crippen LogP contribution in [0, 0.1) is 10.8 Å². The summed E-state index contributed by atoms with van der Waals surface area (Å²) in [5, 5.41) is 0. The van der Waals surface area contributed by atoms with Gasteiger partial charge in [-0.05, 0) is 0 Å². The molecule has 1 heterocycles. The third-order valence-corrected chi connectivity index (χ3v) is 4.19. The van der Waals surface area contributed by atoms with Crippen LogP contribution < -0.4 is 18.9 Å². The minimum Gasteiger partial charge on any atom is -0.463 e. The Bertz CT molecular complexity index is 719. The van der Waals surface area contributed by atoms with E-state index < -0.39 is 10.8 Å². The number of hydrogen-bond donors (Lipinski definition) is 0. The fourth-order valence-corrected chi connectivity index (χ4v) is 2.76. The van der Waals surface area contributed by atoms with Crippen molar-refractivity contribution >= 4 is 11.6 Å². The Morgan fingerprint density at radius 3 is 1.37 bits per heavy atom. The Balaban J connectivity index is 0.00000450. The highest BCUT2D eigenvalue weighted by atomic mass is 16.7. The molecule has 170 valence electrons. The molecule has 0 amide bonds. The molecule has 1 aromatic carbocycles. The topological polar surface area (TPSA) is 89.5 Å². The van der Waals surface area contributed by atoms with Crippen molar-refractivity contribution in [2.75, 3.05) is 34.6 Å². The van der Waals surface area contributed by atoms with E-state index in [0.717, 1.165) is 0 Å². The molecule has 2 rings (SSSR count). The number of fused-ring (bicyclic) bond motifs is 1. The predicted octanol–water partition coefficient (Wildman–Crippen LogP) is 4.47. The number of rotatable bonds is 8. The number of carbonyl (C=O) groups is 2. The second-order valence-corrected chi connectivity index (χ2v) is 8.73. The lowest BCUT2D eigenvalue weighted by Crippen LogP contribution is -2.25. The lowest BCUT2D eigenvalue weighted by atomic mass is 9.82. The van der Waals surface area contributed by atoms with E-state index in [2.05, 4.69) is 0 Å². The van der Waals surface area contributed by atoms with Gasteiger partial charge in [0.2, 0.25) is 6.79 Å². The zero-order chi connectivity index (χ0) is 22.0. The van der Waals surface area contributed by atoms with E-state index in [9.17, 15) is 9.59 Å². The molecule has 0 fully saturated rings. The predicted molar refractivity (Wildman–Crippen MR) is 112 cm³/mol. The van der Waals surface area contributed by atoms with Crippen LogP contribution in [0.15, 0.2) is 0 Å². The third kappa shape index (κ3) is 5.05. The molecule has 0 aliphatic carbocycles. The number of Topliss-reactive ketones (excluding diaryl/α,β-unsaturated/α-hetero) is 2. The van der Waals surface area contributed by atoms with Gasteiger partial charge in [-0.3, -0.25) is 9.59 Å². The summed E-state index contributed by atoms with van der Waals surface area (Å²) < 4.78 is 32.8. The Hall–Kier alpha value is -2.32. The summed E-state index contributed by atoms with van der Waals surface area (Å²) in [7, 11) is 2.91. The van der Waals surface area contributed by atoms with E-state index in [4.69, 9.17) is 28.4 Å². The van der Waals surface area contributed by atoms with E-state index in [1.165, 1.54) is 14.2 Å². The van der Waals surface area contributed by atoms with Crippen LogP contribution in [0.1, 0.15) is 69.7 Å². The monoisotopic (exact) mass is 426 g/mol. The summed E-state index contributed by atoms with van der Waals surface area (Å²) in [6.45, 7) is 10.2. The first-order chi connectivity index (χ1) is 13.4. The van der Waals surface area contributed by atoms with Crippen LogP contribution in [0.25, 0.3) is 0 Å². The van der Waals surface area contributed by atoms with Gasteiger partial charge in [0.25, 0.3) is 0 Å². The van der Waals surface area contributed by atoms with Gasteiger partial charge in [-0.25, -0.2) is 0 Å². The molecule has 1 aliphatic rings. The molecule has 0 spiro atoms. The van der Waals surface area contributed by atoms with Gasteiger partial charge in [-0.2, -0.15) is 0 Å². The van der Waals surface area contributed by atoms with E-state index >= 15 is 0 Å². The van der Waals surface area contributed by atoms with E-state index in [1.54, 1.807) is 41.5 Å². The summed E-state index contributed by atoms with van der Waals surface area (Å²) in [4.78, 5) is 26.6. The molecule has 0 N–H and O–H groups in total. The quantitative estimate of drug-likeness (QED) is 0.444. The number of hydrogen-bond acceptors (Lipinski definition) is 8. The van der Waals surface area contributed by atoms with Gasteiger partial charge < -0.3 is 28.4 Å².